The van der Waals surface area contributed by atoms with Gasteiger partial charge in [0.15, 0.2) is 0 Å². The van der Waals surface area contributed by atoms with Crippen molar-refractivity contribution in [2.45, 2.75) is 50.7 Å². The van der Waals surface area contributed by atoms with E-state index in [0.29, 0.717) is 12.6 Å². The highest BCUT2D eigenvalue weighted by Crippen LogP contribution is 2.40. The highest BCUT2D eigenvalue weighted by Gasteiger charge is 2.39. The highest BCUT2D eigenvalue weighted by atomic mass is 16.2. The maximum atomic E-state index is 13.1. The molecule has 2 aromatic rings. The van der Waals surface area contributed by atoms with Gasteiger partial charge in [0.2, 0.25) is 0 Å². The van der Waals surface area contributed by atoms with Gasteiger partial charge in [0.1, 0.15) is 5.82 Å². The first-order valence-corrected chi connectivity index (χ1v) is 9.89. The zero-order valence-electron chi connectivity index (χ0n) is 16.2. The fourth-order valence-corrected chi connectivity index (χ4v) is 4.02. The van der Waals surface area contributed by atoms with Crippen LogP contribution >= 0.6 is 0 Å². The van der Waals surface area contributed by atoms with Crippen LogP contribution in [0.4, 0.5) is 10.6 Å². The summed E-state index contributed by atoms with van der Waals surface area (Å²) in [6, 6.07) is 13.3. The summed E-state index contributed by atoms with van der Waals surface area (Å²) in [5, 5.41) is 3.16. The number of nitrogens with zero attached hydrogens (tertiary/aromatic N) is 3. The Labute approximate surface area is 161 Å². The molecule has 0 bridgehead atoms. The van der Waals surface area contributed by atoms with Gasteiger partial charge in [-0.2, -0.15) is 0 Å². The lowest BCUT2D eigenvalue weighted by molar-refractivity contribution is 0.161. The number of pyridine rings is 1. The van der Waals surface area contributed by atoms with Crippen molar-refractivity contribution in [2.24, 2.45) is 0 Å². The summed E-state index contributed by atoms with van der Waals surface area (Å²) in [5.74, 6) is 0.905. The zero-order valence-corrected chi connectivity index (χ0v) is 16.2. The van der Waals surface area contributed by atoms with E-state index < -0.39 is 0 Å². The van der Waals surface area contributed by atoms with Gasteiger partial charge in [-0.1, -0.05) is 24.3 Å². The summed E-state index contributed by atoms with van der Waals surface area (Å²) in [6.07, 6.45) is 7.36. The van der Waals surface area contributed by atoms with Gasteiger partial charge in [-0.25, -0.2) is 9.78 Å². The average Bonchev–Trinajstić information content (AvgIpc) is 3.52. The van der Waals surface area contributed by atoms with Gasteiger partial charge < -0.3 is 15.1 Å². The molecule has 1 heterocycles. The van der Waals surface area contributed by atoms with E-state index >= 15 is 0 Å². The second kappa shape index (κ2) is 7.59. The number of hydrogen-bond donors (Lipinski definition) is 1. The molecule has 5 nitrogen and oxygen atoms in total. The number of amides is 2. The standard InChI is InChI=1S/C22H28N4O/c1-25(2)21-14-16(12-13-23-21)15-24-22(27)26(18-10-11-18)20-9-5-7-17-6-3-4-8-19(17)20/h3-4,6,8,12-14,18,20H,5,7,9-11,15H2,1-2H3,(H,24,27). The Morgan fingerprint density at radius 1 is 1.19 bits per heavy atom. The van der Waals surface area contributed by atoms with Gasteiger partial charge in [-0.15, -0.1) is 0 Å². The highest BCUT2D eigenvalue weighted by molar-refractivity contribution is 5.75. The van der Waals surface area contributed by atoms with Crippen molar-refractivity contribution < 1.29 is 4.79 Å². The van der Waals surface area contributed by atoms with Crippen LogP contribution in [0.5, 0.6) is 0 Å². The molecule has 1 aromatic carbocycles. The van der Waals surface area contributed by atoms with Crippen molar-refractivity contribution in [2.75, 3.05) is 19.0 Å². The Bertz CT molecular complexity index is 815. The van der Waals surface area contributed by atoms with Crippen molar-refractivity contribution >= 4 is 11.8 Å². The molecule has 1 fully saturated rings. The van der Waals surface area contributed by atoms with E-state index in [4.69, 9.17) is 0 Å². The molecule has 5 heteroatoms. The van der Waals surface area contributed by atoms with Gasteiger partial charge in [0.25, 0.3) is 0 Å². The first kappa shape index (κ1) is 17.8. The van der Waals surface area contributed by atoms with E-state index in [0.717, 1.165) is 43.5 Å². The van der Waals surface area contributed by atoms with Crippen molar-refractivity contribution in [3.8, 4) is 0 Å². The predicted molar refractivity (Wildman–Crippen MR) is 108 cm³/mol. The molecular formula is C22H28N4O. The normalized spacial score (nSPS) is 18.5. The third-order valence-corrected chi connectivity index (χ3v) is 5.56. The number of carbonyl (C=O) groups excluding carboxylic acids is 1. The van der Waals surface area contributed by atoms with Crippen LogP contribution in [-0.2, 0) is 13.0 Å². The quantitative estimate of drug-likeness (QED) is 0.875. The molecular weight excluding hydrogens is 336 g/mol. The number of hydrogen-bond acceptors (Lipinski definition) is 3. The molecule has 1 aromatic heterocycles. The molecule has 142 valence electrons. The lowest BCUT2D eigenvalue weighted by Gasteiger charge is -2.36. The Morgan fingerprint density at radius 3 is 2.78 bits per heavy atom. The molecule has 27 heavy (non-hydrogen) atoms. The first-order chi connectivity index (χ1) is 13.1. The maximum Gasteiger partial charge on any atom is 0.318 e. The van der Waals surface area contributed by atoms with Crippen LogP contribution < -0.4 is 10.2 Å². The van der Waals surface area contributed by atoms with Crippen molar-refractivity contribution in [1.29, 1.82) is 0 Å². The zero-order chi connectivity index (χ0) is 18.8. The molecule has 4 rings (SSSR count). The number of benzene rings is 1. The lowest BCUT2D eigenvalue weighted by atomic mass is 9.87. The second-order valence-corrected chi connectivity index (χ2v) is 7.82. The van der Waals surface area contributed by atoms with E-state index in [9.17, 15) is 4.79 Å². The topological polar surface area (TPSA) is 48.5 Å². The summed E-state index contributed by atoms with van der Waals surface area (Å²) in [6.45, 7) is 0.528. The number of urea groups is 1. The van der Waals surface area contributed by atoms with E-state index in [1.165, 1.54) is 11.1 Å². The molecule has 1 saturated carbocycles. The maximum absolute atomic E-state index is 13.1. The molecule has 0 spiro atoms. The Balaban J connectivity index is 1.49. The number of carbonyl (C=O) groups is 1. The van der Waals surface area contributed by atoms with Gasteiger partial charge in [0.05, 0.1) is 6.04 Å². The molecule has 1 unspecified atom stereocenters. The van der Waals surface area contributed by atoms with E-state index in [1.54, 1.807) is 6.20 Å². The summed E-state index contributed by atoms with van der Waals surface area (Å²) in [4.78, 5) is 21.5. The predicted octanol–water partition coefficient (Wildman–Crippen LogP) is 3.90. The SMILES string of the molecule is CN(C)c1cc(CNC(=O)N(C2CC2)C2CCCc3ccccc32)ccn1. The molecule has 2 amide bonds. The molecule has 0 saturated heterocycles. The Kier molecular flexibility index (Phi) is 5.01. The van der Waals surface area contributed by atoms with Gasteiger partial charge in [-0.3, -0.25) is 0 Å². The molecule has 1 atom stereocenters. The summed E-state index contributed by atoms with van der Waals surface area (Å²) in [5.41, 5.74) is 3.81. The van der Waals surface area contributed by atoms with E-state index in [1.807, 2.05) is 31.1 Å². The van der Waals surface area contributed by atoms with Crippen LogP contribution in [0.15, 0.2) is 42.6 Å². The van der Waals surface area contributed by atoms with Crippen LogP contribution in [-0.4, -0.2) is 36.1 Å². The van der Waals surface area contributed by atoms with Crippen LogP contribution in [0.1, 0.15) is 48.4 Å². The molecule has 0 radical (unpaired) electrons. The Hall–Kier alpha value is -2.56. The molecule has 2 aliphatic rings. The third kappa shape index (κ3) is 3.92. The monoisotopic (exact) mass is 364 g/mol. The fourth-order valence-electron chi connectivity index (χ4n) is 4.02. The largest absolute Gasteiger partial charge is 0.363 e. The number of aromatic nitrogens is 1. The Morgan fingerprint density at radius 2 is 2.00 bits per heavy atom. The van der Waals surface area contributed by atoms with E-state index in [-0.39, 0.29) is 12.1 Å². The second-order valence-electron chi connectivity index (χ2n) is 7.82. The van der Waals surface area contributed by atoms with Crippen molar-refractivity contribution in [3.05, 3.63) is 59.3 Å². The van der Waals surface area contributed by atoms with Crippen LogP contribution in [0.3, 0.4) is 0 Å². The van der Waals surface area contributed by atoms with Gasteiger partial charge >= 0.3 is 6.03 Å². The molecule has 0 aliphatic heterocycles. The summed E-state index contributed by atoms with van der Waals surface area (Å²) in [7, 11) is 3.94. The number of fused-ring (bicyclic) bond motifs is 1. The third-order valence-electron chi connectivity index (χ3n) is 5.56. The fraction of sp³-hybridized carbons (Fsp3) is 0.455. The minimum atomic E-state index is 0.0578. The summed E-state index contributed by atoms with van der Waals surface area (Å²) < 4.78 is 0. The van der Waals surface area contributed by atoms with E-state index in [2.05, 4.69) is 39.5 Å². The average molecular weight is 364 g/mol. The number of rotatable bonds is 5. The van der Waals surface area contributed by atoms with Gasteiger partial charge in [0, 0.05) is 32.9 Å². The number of aryl methyl sites for hydroxylation is 1. The first-order valence-electron chi connectivity index (χ1n) is 9.89. The number of nitrogens with one attached hydrogen (secondary N) is 1. The molecule has 2 aliphatic carbocycles. The summed E-state index contributed by atoms with van der Waals surface area (Å²) >= 11 is 0. The smallest absolute Gasteiger partial charge is 0.318 e. The minimum Gasteiger partial charge on any atom is -0.363 e. The minimum absolute atomic E-state index is 0.0578. The molecule has 1 N–H and O–H groups in total. The van der Waals surface area contributed by atoms with Crippen molar-refractivity contribution in [1.82, 2.24) is 15.2 Å². The van der Waals surface area contributed by atoms with Gasteiger partial charge in [-0.05, 0) is 60.9 Å². The number of anilines is 1. The lowest BCUT2D eigenvalue weighted by Crippen LogP contribution is -2.44. The van der Waals surface area contributed by atoms with Crippen LogP contribution in [0.25, 0.3) is 0 Å². The van der Waals surface area contributed by atoms with Crippen molar-refractivity contribution in [3.63, 3.8) is 0 Å². The van der Waals surface area contributed by atoms with Crippen LogP contribution in [0.2, 0.25) is 0 Å². The van der Waals surface area contributed by atoms with Crippen LogP contribution in [0, 0.1) is 0 Å².